The highest BCUT2D eigenvalue weighted by atomic mass is 79.9. The van der Waals surface area contributed by atoms with E-state index in [4.69, 9.17) is 9.84 Å². The lowest BCUT2D eigenvalue weighted by Crippen LogP contribution is -2.36. The standard InChI is InChI=1S/C14H17BrFNO4/c1-14(2,3)21-13(20)17-11(7-12(18)19)9-6-8(16)4-5-10(9)15/h4-6,11H,7H2,1-3H3,(H,17,20)(H,18,19)/t11-/m1/s1. The number of carbonyl (C=O) groups is 2. The number of hydrogen-bond donors (Lipinski definition) is 2. The third-order valence-corrected chi connectivity index (χ3v) is 3.13. The van der Waals surface area contributed by atoms with Crippen LogP contribution in [0.15, 0.2) is 22.7 Å². The van der Waals surface area contributed by atoms with Crippen LogP contribution in [0.25, 0.3) is 0 Å². The van der Waals surface area contributed by atoms with Gasteiger partial charge in [0.05, 0.1) is 12.5 Å². The first-order valence-corrected chi connectivity index (χ1v) is 7.04. The maximum atomic E-state index is 13.3. The van der Waals surface area contributed by atoms with Gasteiger partial charge in [-0.05, 0) is 44.5 Å². The number of halogens is 2. The molecule has 0 saturated carbocycles. The molecule has 0 fully saturated rings. The molecule has 2 N–H and O–H groups in total. The number of rotatable bonds is 4. The van der Waals surface area contributed by atoms with Gasteiger partial charge in [0.2, 0.25) is 0 Å². The van der Waals surface area contributed by atoms with Gasteiger partial charge >= 0.3 is 12.1 Å². The quantitative estimate of drug-likeness (QED) is 0.858. The van der Waals surface area contributed by atoms with Crippen LogP contribution < -0.4 is 5.32 Å². The van der Waals surface area contributed by atoms with Gasteiger partial charge in [-0.15, -0.1) is 0 Å². The van der Waals surface area contributed by atoms with Crippen molar-refractivity contribution in [2.24, 2.45) is 0 Å². The summed E-state index contributed by atoms with van der Waals surface area (Å²) in [7, 11) is 0. The van der Waals surface area contributed by atoms with Crippen LogP contribution in [0.5, 0.6) is 0 Å². The lowest BCUT2D eigenvalue weighted by atomic mass is 10.0. The molecule has 0 aliphatic rings. The van der Waals surface area contributed by atoms with Crippen molar-refractivity contribution in [1.29, 1.82) is 0 Å². The number of amides is 1. The van der Waals surface area contributed by atoms with Gasteiger partial charge in [-0.3, -0.25) is 4.79 Å². The highest BCUT2D eigenvalue weighted by molar-refractivity contribution is 9.10. The van der Waals surface area contributed by atoms with E-state index in [0.717, 1.165) is 0 Å². The molecule has 1 rings (SSSR count). The summed E-state index contributed by atoms with van der Waals surface area (Å²) in [4.78, 5) is 22.7. The molecular formula is C14H17BrFNO4. The number of aliphatic carboxylic acids is 1. The van der Waals surface area contributed by atoms with Crippen LogP contribution in [-0.4, -0.2) is 22.8 Å². The van der Waals surface area contributed by atoms with E-state index in [-0.39, 0.29) is 6.42 Å². The lowest BCUT2D eigenvalue weighted by molar-refractivity contribution is -0.137. The highest BCUT2D eigenvalue weighted by Gasteiger charge is 2.24. The van der Waals surface area contributed by atoms with Gasteiger partial charge in [-0.1, -0.05) is 15.9 Å². The molecule has 1 aromatic carbocycles. The number of carboxylic acid groups (broad SMARTS) is 1. The van der Waals surface area contributed by atoms with E-state index in [1.165, 1.54) is 18.2 Å². The summed E-state index contributed by atoms with van der Waals surface area (Å²) in [5.74, 6) is -1.64. The van der Waals surface area contributed by atoms with Crippen molar-refractivity contribution in [3.8, 4) is 0 Å². The fraction of sp³-hybridized carbons (Fsp3) is 0.429. The zero-order valence-corrected chi connectivity index (χ0v) is 13.5. The summed E-state index contributed by atoms with van der Waals surface area (Å²) in [5, 5.41) is 11.4. The number of nitrogens with one attached hydrogen (secondary N) is 1. The molecule has 0 aliphatic heterocycles. The molecule has 0 saturated heterocycles. The molecule has 0 unspecified atom stereocenters. The van der Waals surface area contributed by atoms with Crippen LogP contribution in [0.4, 0.5) is 9.18 Å². The van der Waals surface area contributed by atoms with Gasteiger partial charge in [0.25, 0.3) is 0 Å². The topological polar surface area (TPSA) is 75.6 Å². The van der Waals surface area contributed by atoms with E-state index in [1.54, 1.807) is 20.8 Å². The van der Waals surface area contributed by atoms with Crippen molar-refractivity contribution in [2.75, 3.05) is 0 Å². The Bertz CT molecular complexity index is 542. The average Bonchev–Trinajstić information content (AvgIpc) is 2.28. The third-order valence-electron chi connectivity index (χ3n) is 2.40. The molecule has 0 radical (unpaired) electrons. The van der Waals surface area contributed by atoms with Crippen LogP contribution in [0.1, 0.15) is 38.8 Å². The van der Waals surface area contributed by atoms with Crippen molar-refractivity contribution in [3.63, 3.8) is 0 Å². The molecule has 1 amide bonds. The number of benzene rings is 1. The number of alkyl carbamates (subject to hydrolysis) is 1. The van der Waals surface area contributed by atoms with Gasteiger partial charge in [0.1, 0.15) is 11.4 Å². The highest BCUT2D eigenvalue weighted by Crippen LogP contribution is 2.27. The Hall–Kier alpha value is -1.63. The first-order chi connectivity index (χ1) is 9.58. The molecule has 1 aromatic rings. The summed E-state index contributed by atoms with van der Waals surface area (Å²) in [5.41, 5.74) is -0.375. The first kappa shape index (κ1) is 17.4. The van der Waals surface area contributed by atoms with E-state index in [0.29, 0.717) is 10.0 Å². The van der Waals surface area contributed by atoms with Crippen molar-refractivity contribution in [3.05, 3.63) is 34.1 Å². The number of hydrogen-bond acceptors (Lipinski definition) is 3. The minimum atomic E-state index is -1.12. The predicted molar refractivity (Wildman–Crippen MR) is 78.5 cm³/mol. The molecule has 0 aromatic heterocycles. The number of carboxylic acids is 1. The van der Waals surface area contributed by atoms with E-state index in [9.17, 15) is 14.0 Å². The van der Waals surface area contributed by atoms with E-state index < -0.39 is 29.5 Å². The van der Waals surface area contributed by atoms with E-state index in [2.05, 4.69) is 21.2 Å². The average molecular weight is 362 g/mol. The van der Waals surface area contributed by atoms with Crippen molar-refractivity contribution >= 4 is 28.0 Å². The number of ether oxygens (including phenoxy) is 1. The minimum absolute atomic E-state index is 0.336. The summed E-state index contributed by atoms with van der Waals surface area (Å²) < 4.78 is 18.9. The molecule has 0 aliphatic carbocycles. The van der Waals surface area contributed by atoms with Crippen LogP contribution in [0.2, 0.25) is 0 Å². The Morgan fingerprint density at radius 1 is 1.43 bits per heavy atom. The van der Waals surface area contributed by atoms with E-state index in [1.807, 2.05) is 0 Å². The molecule has 21 heavy (non-hydrogen) atoms. The van der Waals surface area contributed by atoms with Crippen LogP contribution in [0, 0.1) is 5.82 Å². The molecular weight excluding hydrogens is 345 g/mol. The van der Waals surface area contributed by atoms with Crippen molar-refractivity contribution in [1.82, 2.24) is 5.32 Å². The van der Waals surface area contributed by atoms with Gasteiger partial charge in [0, 0.05) is 4.47 Å². The smallest absolute Gasteiger partial charge is 0.408 e. The fourth-order valence-electron chi connectivity index (χ4n) is 1.64. The molecule has 116 valence electrons. The van der Waals surface area contributed by atoms with E-state index >= 15 is 0 Å². The maximum absolute atomic E-state index is 13.3. The van der Waals surface area contributed by atoms with Crippen LogP contribution in [-0.2, 0) is 9.53 Å². The van der Waals surface area contributed by atoms with Crippen LogP contribution >= 0.6 is 15.9 Å². The Balaban J connectivity index is 2.98. The third kappa shape index (κ3) is 6.12. The largest absolute Gasteiger partial charge is 0.481 e. The summed E-state index contributed by atoms with van der Waals surface area (Å²) in [6.45, 7) is 5.07. The summed E-state index contributed by atoms with van der Waals surface area (Å²) in [6.07, 6.45) is -1.15. The molecule has 0 heterocycles. The molecule has 0 spiro atoms. The second kappa shape index (κ2) is 6.89. The molecule has 5 nitrogen and oxygen atoms in total. The van der Waals surface area contributed by atoms with Crippen LogP contribution in [0.3, 0.4) is 0 Å². The first-order valence-electron chi connectivity index (χ1n) is 6.25. The summed E-state index contributed by atoms with van der Waals surface area (Å²) in [6, 6.07) is 2.96. The molecule has 1 atom stereocenters. The van der Waals surface area contributed by atoms with Crippen molar-refractivity contribution < 1.29 is 23.8 Å². The SMILES string of the molecule is CC(C)(C)OC(=O)N[C@H](CC(=O)O)c1cc(F)ccc1Br. The number of carbonyl (C=O) groups excluding carboxylic acids is 1. The maximum Gasteiger partial charge on any atom is 0.408 e. The Kier molecular flexibility index (Phi) is 5.71. The van der Waals surface area contributed by atoms with Gasteiger partial charge in [0.15, 0.2) is 0 Å². The predicted octanol–water partition coefficient (Wildman–Crippen LogP) is 3.63. The van der Waals surface area contributed by atoms with Gasteiger partial charge in [-0.25, -0.2) is 9.18 Å². The zero-order chi connectivity index (χ0) is 16.2. The lowest BCUT2D eigenvalue weighted by Gasteiger charge is -2.23. The Morgan fingerprint density at radius 2 is 2.05 bits per heavy atom. The Labute approximate surface area is 130 Å². The molecule has 0 bridgehead atoms. The monoisotopic (exact) mass is 361 g/mol. The zero-order valence-electron chi connectivity index (χ0n) is 11.9. The normalized spacial score (nSPS) is 12.6. The second-order valence-electron chi connectivity index (χ2n) is 5.46. The minimum Gasteiger partial charge on any atom is -0.481 e. The Morgan fingerprint density at radius 3 is 2.57 bits per heavy atom. The molecule has 7 heteroatoms. The van der Waals surface area contributed by atoms with Crippen molar-refractivity contribution in [2.45, 2.75) is 38.8 Å². The van der Waals surface area contributed by atoms with Gasteiger partial charge < -0.3 is 15.2 Å². The second-order valence-corrected chi connectivity index (χ2v) is 6.32. The summed E-state index contributed by atoms with van der Waals surface area (Å²) >= 11 is 3.22. The fourth-order valence-corrected chi connectivity index (χ4v) is 2.17. The van der Waals surface area contributed by atoms with Gasteiger partial charge in [-0.2, -0.15) is 0 Å².